The van der Waals surface area contributed by atoms with Crippen molar-refractivity contribution in [3.05, 3.63) is 45.1 Å². The molecule has 5 nitrogen and oxygen atoms in total. The molecule has 0 fully saturated rings. The lowest BCUT2D eigenvalue weighted by Gasteiger charge is -2.37. The van der Waals surface area contributed by atoms with Gasteiger partial charge in [0.25, 0.3) is 0 Å². The minimum atomic E-state index is -0.358. The molecule has 29 heavy (non-hydrogen) atoms. The molecule has 1 aliphatic heterocycles. The highest BCUT2D eigenvalue weighted by atomic mass is 35.5. The van der Waals surface area contributed by atoms with E-state index in [1.807, 2.05) is 6.07 Å². The standard InChI is InChI=1S/C20H19Cl2N3O2S2/c1-10(2)28-20-24-23-19(29-20)25-15-4-3-5-16(26)18(15)13(9-17(25)27)12-7-6-11(21)8-14(12)22/h6-8,10,13H,3-5,9H2,1-2H3. The van der Waals surface area contributed by atoms with Crippen molar-refractivity contribution in [2.75, 3.05) is 4.90 Å². The molecule has 152 valence electrons. The molecule has 2 aliphatic rings. The largest absolute Gasteiger partial charge is 0.294 e. The average Bonchev–Trinajstić information content (AvgIpc) is 3.08. The van der Waals surface area contributed by atoms with E-state index < -0.39 is 0 Å². The van der Waals surface area contributed by atoms with Crippen LogP contribution >= 0.6 is 46.3 Å². The number of allylic oxidation sites excluding steroid dienone is 2. The van der Waals surface area contributed by atoms with Crippen LogP contribution in [0, 0.1) is 0 Å². The molecule has 0 saturated carbocycles. The van der Waals surface area contributed by atoms with Gasteiger partial charge in [-0.15, -0.1) is 10.2 Å². The number of carbonyl (C=O) groups excluding carboxylic acids is 2. The van der Waals surface area contributed by atoms with Gasteiger partial charge in [0.2, 0.25) is 11.0 Å². The van der Waals surface area contributed by atoms with Crippen molar-refractivity contribution >= 4 is 63.1 Å². The Labute approximate surface area is 187 Å². The minimum absolute atomic E-state index is 0.0704. The van der Waals surface area contributed by atoms with Gasteiger partial charge in [-0.2, -0.15) is 0 Å². The summed E-state index contributed by atoms with van der Waals surface area (Å²) in [5, 5.41) is 10.4. The smallest absolute Gasteiger partial charge is 0.234 e. The number of halogens is 2. The average molecular weight is 468 g/mol. The maximum absolute atomic E-state index is 13.2. The molecule has 1 amide bonds. The summed E-state index contributed by atoms with van der Waals surface area (Å²) in [6.07, 6.45) is 2.01. The number of benzene rings is 1. The zero-order valence-corrected chi connectivity index (χ0v) is 19.1. The quantitative estimate of drug-likeness (QED) is 0.415. The van der Waals surface area contributed by atoms with Crippen LogP contribution in [-0.2, 0) is 9.59 Å². The highest BCUT2D eigenvalue weighted by Gasteiger charge is 2.41. The molecule has 1 atom stereocenters. The molecule has 2 aromatic rings. The second kappa shape index (κ2) is 8.38. The van der Waals surface area contributed by atoms with E-state index in [9.17, 15) is 9.59 Å². The van der Waals surface area contributed by atoms with Crippen LogP contribution in [0.3, 0.4) is 0 Å². The lowest BCUT2D eigenvalue weighted by atomic mass is 9.77. The van der Waals surface area contributed by atoms with Crippen LogP contribution in [-0.4, -0.2) is 27.1 Å². The van der Waals surface area contributed by atoms with Crippen LogP contribution in [0.5, 0.6) is 0 Å². The van der Waals surface area contributed by atoms with Crippen molar-refractivity contribution in [2.45, 2.75) is 55.0 Å². The first-order valence-corrected chi connectivity index (χ1v) is 11.8. The molecule has 1 aliphatic carbocycles. The molecule has 4 rings (SSSR count). The molecule has 9 heteroatoms. The van der Waals surface area contributed by atoms with Gasteiger partial charge in [-0.25, -0.2) is 0 Å². The molecule has 0 bridgehead atoms. The molecular weight excluding hydrogens is 449 g/mol. The Kier molecular flexibility index (Phi) is 6.02. The number of anilines is 1. The predicted molar refractivity (Wildman–Crippen MR) is 118 cm³/mol. The summed E-state index contributed by atoms with van der Waals surface area (Å²) >= 11 is 15.5. The molecular formula is C20H19Cl2N3O2S2. The summed E-state index contributed by atoms with van der Waals surface area (Å²) < 4.78 is 0.815. The number of thioether (sulfide) groups is 1. The number of ketones is 1. The van der Waals surface area contributed by atoms with E-state index in [-0.39, 0.29) is 24.0 Å². The summed E-state index contributed by atoms with van der Waals surface area (Å²) in [4.78, 5) is 27.7. The van der Waals surface area contributed by atoms with Gasteiger partial charge in [0, 0.05) is 45.3 Å². The lowest BCUT2D eigenvalue weighted by molar-refractivity contribution is -0.119. The number of hydrogen-bond donors (Lipinski definition) is 0. The molecule has 0 spiro atoms. The highest BCUT2D eigenvalue weighted by Crippen LogP contribution is 2.46. The number of rotatable bonds is 4. The van der Waals surface area contributed by atoms with Gasteiger partial charge in [-0.05, 0) is 30.5 Å². The molecule has 1 aromatic heterocycles. The van der Waals surface area contributed by atoms with Gasteiger partial charge in [0.15, 0.2) is 10.1 Å². The molecule has 0 saturated heterocycles. The Balaban J connectivity index is 1.79. The molecule has 1 unspecified atom stereocenters. The SMILES string of the molecule is CC(C)Sc1nnc(N2C(=O)CC(c3ccc(Cl)cc3Cl)C3=C2CCCC3=O)s1. The lowest BCUT2D eigenvalue weighted by Crippen LogP contribution is -2.40. The van der Waals surface area contributed by atoms with Crippen LogP contribution in [0.1, 0.15) is 51.0 Å². The van der Waals surface area contributed by atoms with Gasteiger partial charge in [0.05, 0.1) is 0 Å². The number of carbonyl (C=O) groups is 2. The van der Waals surface area contributed by atoms with E-state index in [1.165, 1.54) is 11.3 Å². The third kappa shape index (κ3) is 4.10. The first-order chi connectivity index (χ1) is 13.8. The predicted octanol–water partition coefficient (Wildman–Crippen LogP) is 5.87. The Bertz CT molecular complexity index is 1020. The molecule has 0 radical (unpaired) electrons. The fourth-order valence-corrected chi connectivity index (χ4v) is 6.45. The zero-order valence-electron chi connectivity index (χ0n) is 15.9. The van der Waals surface area contributed by atoms with Crippen LogP contribution in [0.4, 0.5) is 5.13 Å². The summed E-state index contributed by atoms with van der Waals surface area (Å²) in [5.41, 5.74) is 2.18. The number of aromatic nitrogens is 2. The fraction of sp³-hybridized carbons (Fsp3) is 0.400. The molecule has 1 aromatic carbocycles. The number of Topliss-reactive ketones (excluding diaryl/α,β-unsaturated/α-hetero) is 1. The highest BCUT2D eigenvalue weighted by molar-refractivity contribution is 8.01. The van der Waals surface area contributed by atoms with Crippen molar-refractivity contribution in [1.82, 2.24) is 10.2 Å². The Morgan fingerprint density at radius 2 is 2.00 bits per heavy atom. The van der Waals surface area contributed by atoms with Crippen LogP contribution in [0.25, 0.3) is 0 Å². The second-order valence-electron chi connectivity index (χ2n) is 7.31. The number of nitrogens with zero attached hydrogens (tertiary/aromatic N) is 3. The van der Waals surface area contributed by atoms with Crippen LogP contribution < -0.4 is 4.90 Å². The maximum Gasteiger partial charge on any atom is 0.234 e. The normalized spacial score (nSPS) is 19.9. The number of hydrogen-bond acceptors (Lipinski definition) is 6. The minimum Gasteiger partial charge on any atom is -0.294 e. The second-order valence-corrected chi connectivity index (χ2v) is 10.9. The van der Waals surface area contributed by atoms with E-state index in [2.05, 4.69) is 24.0 Å². The van der Waals surface area contributed by atoms with E-state index in [1.54, 1.807) is 28.8 Å². The summed E-state index contributed by atoms with van der Waals surface area (Å²) in [6.45, 7) is 4.16. The number of amides is 1. The zero-order chi connectivity index (χ0) is 20.7. The van der Waals surface area contributed by atoms with E-state index >= 15 is 0 Å². The Morgan fingerprint density at radius 1 is 1.21 bits per heavy atom. The Hall–Kier alpha value is -1.41. The van der Waals surface area contributed by atoms with Gasteiger partial charge < -0.3 is 0 Å². The van der Waals surface area contributed by atoms with Gasteiger partial charge in [0.1, 0.15) is 0 Å². The van der Waals surface area contributed by atoms with Crippen molar-refractivity contribution < 1.29 is 9.59 Å². The maximum atomic E-state index is 13.2. The topological polar surface area (TPSA) is 63.2 Å². The summed E-state index contributed by atoms with van der Waals surface area (Å²) in [5.74, 6) is -0.378. The van der Waals surface area contributed by atoms with Crippen molar-refractivity contribution in [1.29, 1.82) is 0 Å². The van der Waals surface area contributed by atoms with Crippen LogP contribution in [0.15, 0.2) is 33.8 Å². The van der Waals surface area contributed by atoms with Crippen molar-refractivity contribution in [3.8, 4) is 0 Å². The van der Waals surface area contributed by atoms with E-state index in [0.29, 0.717) is 38.8 Å². The summed E-state index contributed by atoms with van der Waals surface area (Å²) in [7, 11) is 0. The monoisotopic (exact) mass is 467 g/mol. The first-order valence-electron chi connectivity index (χ1n) is 9.39. The third-order valence-corrected chi connectivity index (χ3v) is 7.50. The summed E-state index contributed by atoms with van der Waals surface area (Å²) in [6, 6.07) is 5.21. The van der Waals surface area contributed by atoms with E-state index in [0.717, 1.165) is 22.0 Å². The third-order valence-electron chi connectivity index (χ3n) is 4.94. The van der Waals surface area contributed by atoms with Gasteiger partial charge in [-0.3, -0.25) is 14.5 Å². The Morgan fingerprint density at radius 3 is 2.72 bits per heavy atom. The fourth-order valence-electron chi connectivity index (χ4n) is 3.81. The van der Waals surface area contributed by atoms with Crippen molar-refractivity contribution in [2.24, 2.45) is 0 Å². The van der Waals surface area contributed by atoms with Crippen molar-refractivity contribution in [3.63, 3.8) is 0 Å². The molecule has 0 N–H and O–H groups in total. The van der Waals surface area contributed by atoms with Gasteiger partial charge in [-0.1, -0.05) is 66.2 Å². The first kappa shape index (κ1) is 20.8. The molecule has 2 heterocycles. The van der Waals surface area contributed by atoms with Crippen LogP contribution in [0.2, 0.25) is 10.0 Å². The van der Waals surface area contributed by atoms with E-state index in [4.69, 9.17) is 23.2 Å². The van der Waals surface area contributed by atoms with Gasteiger partial charge >= 0.3 is 0 Å².